The van der Waals surface area contributed by atoms with Crippen LogP contribution >= 0.6 is 27.7 Å². The first-order valence-corrected chi connectivity index (χ1v) is 6.17. The molecule has 14 heavy (non-hydrogen) atoms. The van der Waals surface area contributed by atoms with Crippen molar-refractivity contribution >= 4 is 33.7 Å². The van der Waals surface area contributed by atoms with Gasteiger partial charge in [0.05, 0.1) is 7.11 Å². The van der Waals surface area contributed by atoms with Crippen LogP contribution in [-0.2, 0) is 9.53 Å². The van der Waals surface area contributed by atoms with Gasteiger partial charge in [0.2, 0.25) is 0 Å². The van der Waals surface area contributed by atoms with Crippen molar-refractivity contribution in [2.24, 2.45) is 5.41 Å². The van der Waals surface area contributed by atoms with Crippen LogP contribution in [0, 0.1) is 5.41 Å². The molecule has 0 aromatic heterocycles. The maximum atomic E-state index is 11.4. The van der Waals surface area contributed by atoms with Crippen molar-refractivity contribution in [1.29, 1.82) is 0 Å². The van der Waals surface area contributed by atoms with Crippen LogP contribution in [0.4, 0.5) is 0 Å². The summed E-state index contributed by atoms with van der Waals surface area (Å²) >= 11 is 5.05. The number of thioether (sulfide) groups is 1. The highest BCUT2D eigenvalue weighted by Gasteiger charge is 2.35. The molecule has 2 nitrogen and oxygen atoms in total. The molecular formula is C10H15BrO2S. The molecule has 0 fully saturated rings. The fraction of sp³-hybridized carbons (Fsp3) is 0.700. The largest absolute Gasteiger partial charge is 0.465 e. The van der Waals surface area contributed by atoms with Crippen molar-refractivity contribution in [2.75, 3.05) is 7.11 Å². The lowest BCUT2D eigenvalue weighted by Crippen LogP contribution is -2.20. The molecule has 1 unspecified atom stereocenters. The van der Waals surface area contributed by atoms with E-state index in [9.17, 15) is 4.79 Å². The van der Waals surface area contributed by atoms with Crippen LogP contribution in [0.5, 0.6) is 0 Å². The van der Waals surface area contributed by atoms with Gasteiger partial charge in [-0.1, -0.05) is 36.7 Å². The van der Waals surface area contributed by atoms with Crippen LogP contribution in [0.2, 0.25) is 0 Å². The third-order valence-corrected chi connectivity index (χ3v) is 5.00. The molecule has 0 saturated carbocycles. The zero-order valence-electron chi connectivity index (χ0n) is 8.89. The number of halogens is 1. The van der Waals surface area contributed by atoms with E-state index in [2.05, 4.69) is 36.7 Å². The van der Waals surface area contributed by atoms with E-state index in [1.807, 2.05) is 0 Å². The number of esters is 1. The second-order valence-corrected chi connectivity index (χ2v) is 6.57. The maximum Gasteiger partial charge on any atom is 0.345 e. The van der Waals surface area contributed by atoms with Gasteiger partial charge in [0.15, 0.2) is 0 Å². The molecule has 1 rings (SSSR count). The summed E-state index contributed by atoms with van der Waals surface area (Å²) in [5.41, 5.74) is 0.208. The number of carbonyl (C=O) groups is 1. The predicted molar refractivity (Wildman–Crippen MR) is 63.4 cm³/mol. The quantitative estimate of drug-likeness (QED) is 0.689. The van der Waals surface area contributed by atoms with Crippen LogP contribution in [0.25, 0.3) is 0 Å². The Kier molecular flexibility index (Phi) is 3.69. The molecule has 1 aliphatic rings. The zero-order chi connectivity index (χ0) is 10.9. The van der Waals surface area contributed by atoms with Gasteiger partial charge in [0.25, 0.3) is 0 Å². The van der Waals surface area contributed by atoms with Gasteiger partial charge in [-0.05, 0) is 11.8 Å². The van der Waals surface area contributed by atoms with E-state index in [0.29, 0.717) is 5.25 Å². The Morgan fingerprint density at radius 1 is 1.57 bits per heavy atom. The predicted octanol–water partition coefficient (Wildman–Crippen LogP) is 3.32. The Morgan fingerprint density at radius 3 is 2.50 bits per heavy atom. The Bertz CT molecular complexity index is 278. The summed E-state index contributed by atoms with van der Waals surface area (Å²) < 4.78 is 5.70. The number of methoxy groups -OCH3 is 1. The lowest BCUT2D eigenvalue weighted by molar-refractivity contribution is -0.135. The molecule has 0 spiro atoms. The Hall–Kier alpha value is 0.0400. The van der Waals surface area contributed by atoms with Gasteiger partial charge in [0.1, 0.15) is 4.91 Å². The van der Waals surface area contributed by atoms with E-state index < -0.39 is 0 Å². The molecule has 0 saturated heterocycles. The molecule has 0 aliphatic carbocycles. The average molecular weight is 279 g/mol. The van der Waals surface area contributed by atoms with Crippen molar-refractivity contribution in [3.8, 4) is 0 Å². The molecule has 0 aromatic carbocycles. The summed E-state index contributed by atoms with van der Waals surface area (Å²) in [6.07, 6.45) is 0.915. The van der Waals surface area contributed by atoms with Crippen LogP contribution < -0.4 is 0 Å². The highest BCUT2D eigenvalue weighted by molar-refractivity contribution is 9.11. The lowest BCUT2D eigenvalue weighted by Gasteiger charge is -2.25. The van der Waals surface area contributed by atoms with E-state index in [4.69, 9.17) is 4.74 Å². The summed E-state index contributed by atoms with van der Waals surface area (Å²) in [4.78, 5) is 12.1. The average Bonchev–Trinajstić information content (AvgIpc) is 2.45. The number of allylic oxidation sites excluding steroid dienone is 1. The molecule has 0 N–H and O–H groups in total. The van der Waals surface area contributed by atoms with Crippen LogP contribution in [-0.4, -0.2) is 18.3 Å². The topological polar surface area (TPSA) is 26.3 Å². The number of ether oxygens (including phenoxy) is 1. The van der Waals surface area contributed by atoms with Crippen LogP contribution in [0.1, 0.15) is 27.2 Å². The monoisotopic (exact) mass is 278 g/mol. The summed E-state index contributed by atoms with van der Waals surface area (Å²) in [7, 11) is 1.42. The molecule has 1 atom stereocenters. The first-order chi connectivity index (χ1) is 6.36. The minimum atomic E-state index is -0.228. The zero-order valence-corrected chi connectivity index (χ0v) is 11.3. The lowest BCUT2D eigenvalue weighted by atomic mass is 9.90. The van der Waals surface area contributed by atoms with Gasteiger partial charge in [-0.3, -0.25) is 0 Å². The summed E-state index contributed by atoms with van der Waals surface area (Å²) in [6.45, 7) is 6.56. The van der Waals surface area contributed by atoms with Gasteiger partial charge in [-0.25, -0.2) is 4.79 Å². The molecular weight excluding hydrogens is 264 g/mol. The number of rotatable bonds is 1. The van der Waals surface area contributed by atoms with Crippen molar-refractivity contribution in [3.63, 3.8) is 0 Å². The first kappa shape index (κ1) is 12.1. The maximum absolute atomic E-state index is 11.4. The molecule has 4 heteroatoms. The van der Waals surface area contributed by atoms with Crippen molar-refractivity contribution < 1.29 is 9.53 Å². The van der Waals surface area contributed by atoms with Crippen molar-refractivity contribution in [2.45, 2.75) is 32.4 Å². The van der Waals surface area contributed by atoms with Gasteiger partial charge >= 0.3 is 5.97 Å². The van der Waals surface area contributed by atoms with Crippen molar-refractivity contribution in [3.05, 3.63) is 9.39 Å². The molecule has 0 radical (unpaired) electrons. The van der Waals surface area contributed by atoms with E-state index in [0.717, 1.165) is 15.8 Å². The highest BCUT2D eigenvalue weighted by Crippen LogP contribution is 2.48. The Morgan fingerprint density at radius 2 is 2.14 bits per heavy atom. The van der Waals surface area contributed by atoms with E-state index in [1.165, 1.54) is 7.11 Å². The number of hydrogen-bond acceptors (Lipinski definition) is 3. The molecule has 1 aliphatic heterocycles. The standard InChI is InChI=1S/C10H15BrO2S/c1-10(2,3)7-5-6(11)8(14-7)9(12)13-4/h7H,5H2,1-4H3. The third-order valence-electron chi connectivity index (χ3n) is 2.21. The van der Waals surface area contributed by atoms with E-state index in [1.54, 1.807) is 11.8 Å². The fourth-order valence-corrected chi connectivity index (χ4v) is 3.50. The number of carbonyl (C=O) groups excluding carboxylic acids is 1. The molecule has 0 aromatic rings. The third kappa shape index (κ3) is 2.54. The highest BCUT2D eigenvalue weighted by atomic mass is 79.9. The second kappa shape index (κ2) is 4.27. The Labute approximate surface area is 97.6 Å². The fourth-order valence-electron chi connectivity index (χ4n) is 1.24. The van der Waals surface area contributed by atoms with Crippen molar-refractivity contribution in [1.82, 2.24) is 0 Å². The van der Waals surface area contributed by atoms with Gasteiger partial charge in [-0.15, -0.1) is 11.8 Å². The minimum Gasteiger partial charge on any atom is -0.465 e. The van der Waals surface area contributed by atoms with Gasteiger partial charge in [0, 0.05) is 9.73 Å². The summed E-state index contributed by atoms with van der Waals surface area (Å²) in [6, 6.07) is 0. The Balaban J connectivity index is 2.75. The summed E-state index contributed by atoms with van der Waals surface area (Å²) in [5.74, 6) is -0.228. The first-order valence-electron chi connectivity index (χ1n) is 4.50. The molecule has 1 heterocycles. The van der Waals surface area contributed by atoms with E-state index in [-0.39, 0.29) is 11.4 Å². The normalized spacial score (nSPS) is 22.8. The smallest absolute Gasteiger partial charge is 0.345 e. The van der Waals surface area contributed by atoms with E-state index >= 15 is 0 Å². The number of hydrogen-bond donors (Lipinski definition) is 0. The van der Waals surface area contributed by atoms with Gasteiger partial charge < -0.3 is 4.74 Å². The molecule has 0 bridgehead atoms. The summed E-state index contributed by atoms with van der Waals surface area (Å²) in [5, 5.41) is 0.450. The SMILES string of the molecule is COC(=O)C1=C(Br)CC(C(C)(C)C)S1. The van der Waals surface area contributed by atoms with Crippen LogP contribution in [0.15, 0.2) is 9.39 Å². The second-order valence-electron chi connectivity index (χ2n) is 4.40. The molecule has 80 valence electrons. The van der Waals surface area contributed by atoms with Crippen LogP contribution in [0.3, 0.4) is 0 Å². The van der Waals surface area contributed by atoms with Gasteiger partial charge in [-0.2, -0.15) is 0 Å². The molecule has 0 amide bonds. The minimum absolute atomic E-state index is 0.208.